The van der Waals surface area contributed by atoms with E-state index < -0.39 is 0 Å². The van der Waals surface area contributed by atoms with E-state index in [2.05, 4.69) is 42.1 Å². The van der Waals surface area contributed by atoms with Gasteiger partial charge in [-0.2, -0.15) is 0 Å². The van der Waals surface area contributed by atoms with Crippen LogP contribution in [0.15, 0.2) is 36.5 Å². The molecular formula is C28H39N3O3. The second-order valence-corrected chi connectivity index (χ2v) is 10.7. The van der Waals surface area contributed by atoms with Crippen molar-refractivity contribution in [2.45, 2.75) is 76.4 Å². The number of aromatic nitrogens is 1. The summed E-state index contributed by atoms with van der Waals surface area (Å²) in [4.78, 5) is 15.4. The van der Waals surface area contributed by atoms with Gasteiger partial charge in [0.25, 0.3) is 5.91 Å². The van der Waals surface area contributed by atoms with Crippen LogP contribution in [0.1, 0.15) is 80.9 Å². The van der Waals surface area contributed by atoms with Crippen LogP contribution in [0.25, 0.3) is 0 Å². The molecule has 6 heteroatoms. The highest BCUT2D eigenvalue weighted by Crippen LogP contribution is 2.44. The Morgan fingerprint density at radius 3 is 2.71 bits per heavy atom. The van der Waals surface area contributed by atoms with Crippen molar-refractivity contribution in [1.82, 2.24) is 14.8 Å². The van der Waals surface area contributed by atoms with Gasteiger partial charge in [-0.25, -0.2) is 0 Å². The van der Waals surface area contributed by atoms with E-state index in [1.54, 1.807) is 7.11 Å². The molecule has 34 heavy (non-hydrogen) atoms. The number of hydrogen-bond acceptors (Lipinski definition) is 4. The average molecular weight is 466 g/mol. The normalized spacial score (nSPS) is 23.5. The smallest absolute Gasteiger partial charge is 0.253 e. The third kappa shape index (κ3) is 4.33. The third-order valence-corrected chi connectivity index (χ3v) is 8.09. The first-order valence-electron chi connectivity index (χ1n) is 13.1. The van der Waals surface area contributed by atoms with Gasteiger partial charge in [-0.15, -0.1) is 0 Å². The van der Waals surface area contributed by atoms with Gasteiger partial charge in [0.1, 0.15) is 0 Å². The van der Waals surface area contributed by atoms with Crippen LogP contribution in [0.4, 0.5) is 0 Å². The van der Waals surface area contributed by atoms with Crippen molar-refractivity contribution < 1.29 is 14.3 Å². The topological polar surface area (TPSA) is 55.7 Å². The number of nitrogens with one attached hydrogen (secondary N) is 1. The number of methoxy groups -OCH3 is 1. The molecule has 1 unspecified atom stereocenters. The Labute approximate surface area is 203 Å². The van der Waals surface area contributed by atoms with E-state index >= 15 is 0 Å². The lowest BCUT2D eigenvalue weighted by Gasteiger charge is -2.52. The highest BCUT2D eigenvalue weighted by molar-refractivity contribution is 5.95. The maximum absolute atomic E-state index is 13.4. The first kappa shape index (κ1) is 23.3. The summed E-state index contributed by atoms with van der Waals surface area (Å²) in [5.41, 5.74) is 2.05. The largest absolute Gasteiger partial charge is 0.493 e. The molecule has 5 rings (SSSR count). The highest BCUT2D eigenvalue weighted by Gasteiger charge is 2.46. The molecule has 2 atom stereocenters. The highest BCUT2D eigenvalue weighted by atomic mass is 16.5. The number of carbonyl (C=O) groups excluding carboxylic acids is 1. The SMILES string of the molecule is COc1cc(C(=O)N2CCC3(CC2)N[C@H]2CCCCC2n2cccc23)ccc1OCCC(C)C. The maximum Gasteiger partial charge on any atom is 0.253 e. The van der Waals surface area contributed by atoms with Crippen molar-refractivity contribution in [2.24, 2.45) is 5.92 Å². The molecule has 1 spiro atoms. The fourth-order valence-electron chi connectivity index (χ4n) is 6.13. The zero-order valence-corrected chi connectivity index (χ0v) is 20.9. The Hall–Kier alpha value is -2.47. The van der Waals surface area contributed by atoms with Gasteiger partial charge in [0.2, 0.25) is 0 Å². The first-order valence-corrected chi connectivity index (χ1v) is 13.1. The quantitative estimate of drug-likeness (QED) is 0.642. The van der Waals surface area contributed by atoms with Crippen LogP contribution in [0, 0.1) is 5.92 Å². The van der Waals surface area contributed by atoms with Gasteiger partial charge in [0.05, 0.1) is 19.3 Å². The van der Waals surface area contributed by atoms with Gasteiger partial charge in [0, 0.05) is 42.6 Å². The molecule has 2 aromatic rings. The maximum atomic E-state index is 13.4. The van der Waals surface area contributed by atoms with E-state index in [0.29, 0.717) is 41.7 Å². The molecule has 3 heterocycles. The standard InChI is InChI=1S/C28H39N3O3/c1-20(2)12-18-34-24-11-10-21(19-25(24)33-3)27(32)30-16-13-28(14-17-30)26-9-6-15-31(26)23-8-5-4-7-22(23)29-28/h6,9-11,15,19-20,22-23,29H,4-5,7-8,12-14,16-18H2,1-3H3/t22-,23?/m0/s1. The molecule has 1 aromatic heterocycles. The van der Waals surface area contributed by atoms with Crippen molar-refractivity contribution in [3.05, 3.63) is 47.8 Å². The lowest BCUT2D eigenvalue weighted by molar-refractivity contribution is 0.0512. The molecule has 1 N–H and O–H groups in total. The predicted octanol–water partition coefficient (Wildman–Crippen LogP) is 5.14. The number of rotatable bonds is 6. The molecular weight excluding hydrogens is 426 g/mol. The van der Waals surface area contributed by atoms with Crippen LogP contribution in [-0.2, 0) is 5.54 Å². The Morgan fingerprint density at radius 1 is 1.15 bits per heavy atom. The number of ether oxygens (including phenoxy) is 2. The second kappa shape index (κ2) is 9.65. The summed E-state index contributed by atoms with van der Waals surface area (Å²) < 4.78 is 14.0. The second-order valence-electron chi connectivity index (χ2n) is 10.7. The van der Waals surface area contributed by atoms with Gasteiger partial charge in [-0.1, -0.05) is 26.7 Å². The molecule has 1 saturated heterocycles. The van der Waals surface area contributed by atoms with E-state index in [4.69, 9.17) is 9.47 Å². The Morgan fingerprint density at radius 2 is 1.94 bits per heavy atom. The van der Waals surface area contributed by atoms with Crippen molar-refractivity contribution in [3.63, 3.8) is 0 Å². The Kier molecular flexibility index (Phi) is 6.61. The molecule has 1 aliphatic carbocycles. The molecule has 3 aliphatic rings. The minimum absolute atomic E-state index is 0.0232. The zero-order valence-electron chi connectivity index (χ0n) is 20.9. The molecule has 1 saturated carbocycles. The van der Waals surface area contributed by atoms with Gasteiger partial charge < -0.3 is 24.3 Å². The van der Waals surface area contributed by atoms with Crippen LogP contribution in [0.2, 0.25) is 0 Å². The Balaban J connectivity index is 1.27. The summed E-state index contributed by atoms with van der Waals surface area (Å²) in [6.45, 7) is 6.51. The molecule has 1 aromatic carbocycles. The number of likely N-dealkylation sites (tertiary alicyclic amines) is 1. The number of carbonyl (C=O) groups is 1. The number of hydrogen-bond donors (Lipinski definition) is 1. The lowest BCUT2D eigenvalue weighted by Crippen LogP contribution is -2.61. The summed E-state index contributed by atoms with van der Waals surface area (Å²) in [7, 11) is 1.63. The lowest BCUT2D eigenvalue weighted by atomic mass is 9.77. The number of fused-ring (bicyclic) bond motifs is 4. The van der Waals surface area contributed by atoms with Crippen LogP contribution < -0.4 is 14.8 Å². The summed E-state index contributed by atoms with van der Waals surface area (Å²) in [6, 6.07) is 11.2. The first-order chi connectivity index (χ1) is 16.5. The molecule has 1 amide bonds. The molecule has 2 fully saturated rings. The van der Waals surface area contributed by atoms with Crippen molar-refractivity contribution in [2.75, 3.05) is 26.8 Å². The number of piperidine rings is 1. The van der Waals surface area contributed by atoms with Gasteiger partial charge in [0.15, 0.2) is 11.5 Å². The fourth-order valence-corrected chi connectivity index (χ4v) is 6.13. The monoisotopic (exact) mass is 465 g/mol. The molecule has 184 valence electrons. The van der Waals surface area contributed by atoms with Crippen molar-refractivity contribution in [1.29, 1.82) is 0 Å². The Bertz CT molecular complexity index is 1010. The predicted molar refractivity (Wildman–Crippen MR) is 134 cm³/mol. The molecule has 2 aliphatic heterocycles. The summed E-state index contributed by atoms with van der Waals surface area (Å²) >= 11 is 0. The summed E-state index contributed by atoms with van der Waals surface area (Å²) in [6.07, 6.45) is 10.3. The van der Waals surface area contributed by atoms with Crippen LogP contribution in [-0.4, -0.2) is 48.2 Å². The molecule has 0 radical (unpaired) electrons. The summed E-state index contributed by atoms with van der Waals surface area (Å²) in [5.74, 6) is 1.98. The van der Waals surface area contributed by atoms with Crippen molar-refractivity contribution in [3.8, 4) is 11.5 Å². The van der Waals surface area contributed by atoms with Crippen molar-refractivity contribution >= 4 is 5.91 Å². The van der Waals surface area contributed by atoms with Crippen LogP contribution in [0.3, 0.4) is 0 Å². The third-order valence-electron chi connectivity index (χ3n) is 8.09. The number of nitrogens with zero attached hydrogens (tertiary/aromatic N) is 2. The minimum Gasteiger partial charge on any atom is -0.493 e. The van der Waals surface area contributed by atoms with Crippen LogP contribution in [0.5, 0.6) is 11.5 Å². The molecule has 0 bridgehead atoms. The molecule has 6 nitrogen and oxygen atoms in total. The number of benzene rings is 1. The van der Waals surface area contributed by atoms with Gasteiger partial charge in [-0.3, -0.25) is 4.79 Å². The number of amides is 1. The van der Waals surface area contributed by atoms with Gasteiger partial charge in [-0.05, 0) is 68.4 Å². The van der Waals surface area contributed by atoms with Crippen LogP contribution >= 0.6 is 0 Å². The van der Waals surface area contributed by atoms with E-state index in [1.807, 2.05) is 23.1 Å². The van der Waals surface area contributed by atoms with Gasteiger partial charge >= 0.3 is 0 Å². The zero-order chi connectivity index (χ0) is 23.7. The minimum atomic E-state index is -0.0232. The fraction of sp³-hybridized carbons (Fsp3) is 0.607. The van der Waals surface area contributed by atoms with E-state index in [1.165, 1.54) is 31.4 Å². The van der Waals surface area contributed by atoms with E-state index in [0.717, 1.165) is 32.4 Å². The summed E-state index contributed by atoms with van der Waals surface area (Å²) in [5, 5.41) is 4.07. The average Bonchev–Trinajstić information content (AvgIpc) is 3.36. The van der Waals surface area contributed by atoms with E-state index in [-0.39, 0.29) is 11.4 Å². The van der Waals surface area contributed by atoms with E-state index in [9.17, 15) is 4.79 Å².